The van der Waals surface area contributed by atoms with Crippen LogP contribution in [0.25, 0.3) is 5.65 Å². The number of hydrogen-bond acceptors (Lipinski definition) is 5. The molecule has 1 amide bonds. The van der Waals surface area contributed by atoms with E-state index in [2.05, 4.69) is 20.3 Å². The Morgan fingerprint density at radius 2 is 2.13 bits per heavy atom. The van der Waals surface area contributed by atoms with Gasteiger partial charge in [0, 0.05) is 18.9 Å². The van der Waals surface area contributed by atoms with Gasteiger partial charge in [-0.25, -0.2) is 13.9 Å². The first-order valence-electron chi connectivity index (χ1n) is 10.2. The Morgan fingerprint density at radius 1 is 1.23 bits per heavy atom. The zero-order valence-corrected chi connectivity index (χ0v) is 17.0. The van der Waals surface area contributed by atoms with E-state index in [1.54, 1.807) is 35.1 Å². The predicted octanol–water partition coefficient (Wildman–Crippen LogP) is 4.17. The average molecular weight is 416 g/mol. The van der Waals surface area contributed by atoms with Crippen LogP contribution < -0.4 is 10.2 Å². The lowest BCUT2D eigenvalue weighted by molar-refractivity contribution is 0.102. The first-order valence-corrected chi connectivity index (χ1v) is 10.2. The summed E-state index contributed by atoms with van der Waals surface area (Å²) < 4.78 is 15.4. The minimum atomic E-state index is -0.306. The molecule has 1 aromatic carbocycles. The smallest absolute Gasteiger partial charge is 0.274 e. The summed E-state index contributed by atoms with van der Waals surface area (Å²) in [5.74, 6) is 0.224. The van der Waals surface area contributed by atoms with Gasteiger partial charge < -0.3 is 10.2 Å². The van der Waals surface area contributed by atoms with E-state index in [1.807, 2.05) is 31.3 Å². The van der Waals surface area contributed by atoms with E-state index >= 15 is 0 Å². The van der Waals surface area contributed by atoms with Crippen LogP contribution in [-0.2, 0) is 0 Å². The van der Waals surface area contributed by atoms with E-state index in [0.717, 1.165) is 36.3 Å². The first-order chi connectivity index (χ1) is 15.1. The lowest BCUT2D eigenvalue weighted by atomic mass is 10.0. The van der Waals surface area contributed by atoms with Gasteiger partial charge in [-0.2, -0.15) is 5.10 Å². The van der Waals surface area contributed by atoms with Crippen LogP contribution in [0.3, 0.4) is 0 Å². The molecule has 1 fully saturated rings. The Bertz CT molecular complexity index is 1270. The van der Waals surface area contributed by atoms with Gasteiger partial charge in [-0.05, 0) is 55.2 Å². The molecule has 31 heavy (non-hydrogen) atoms. The number of benzene rings is 1. The summed E-state index contributed by atoms with van der Waals surface area (Å²) in [7, 11) is 0. The summed E-state index contributed by atoms with van der Waals surface area (Å²) in [5, 5.41) is 7.17. The molecule has 0 radical (unpaired) electrons. The summed E-state index contributed by atoms with van der Waals surface area (Å²) in [6.07, 6.45) is 6.92. The highest BCUT2D eigenvalue weighted by Gasteiger charge is 2.28. The molecule has 0 saturated carbocycles. The van der Waals surface area contributed by atoms with Crippen molar-refractivity contribution in [3.63, 3.8) is 0 Å². The highest BCUT2D eigenvalue weighted by molar-refractivity contribution is 6.05. The van der Waals surface area contributed by atoms with E-state index in [-0.39, 0.29) is 17.8 Å². The van der Waals surface area contributed by atoms with Gasteiger partial charge in [0.1, 0.15) is 23.0 Å². The number of aryl methyl sites for hydroxylation is 1. The Labute approximate surface area is 178 Å². The average Bonchev–Trinajstić information content (AvgIpc) is 3.41. The third-order valence-electron chi connectivity index (χ3n) is 5.61. The number of rotatable bonds is 4. The van der Waals surface area contributed by atoms with Crippen LogP contribution in [0.1, 0.15) is 40.5 Å². The Morgan fingerprint density at radius 3 is 2.97 bits per heavy atom. The van der Waals surface area contributed by atoms with Crippen LogP contribution in [-0.4, -0.2) is 32.0 Å². The molecular formula is C23H21FN6O. The largest absolute Gasteiger partial charge is 0.349 e. The molecule has 7 nitrogen and oxygen atoms in total. The van der Waals surface area contributed by atoms with Gasteiger partial charge in [0.2, 0.25) is 0 Å². The lowest BCUT2D eigenvalue weighted by Gasteiger charge is -2.26. The van der Waals surface area contributed by atoms with Crippen LogP contribution in [0.2, 0.25) is 0 Å². The molecule has 4 heterocycles. The van der Waals surface area contributed by atoms with Crippen molar-refractivity contribution in [3.05, 3.63) is 83.7 Å². The van der Waals surface area contributed by atoms with Crippen LogP contribution in [0.15, 0.2) is 61.1 Å². The number of amides is 1. The monoisotopic (exact) mass is 416 g/mol. The SMILES string of the molecule is Cc1cccnc1C(=O)Nc1cnn2ccc(N3CCCC3c3cccc(F)c3)nc12. The molecule has 1 unspecified atom stereocenters. The maximum atomic E-state index is 13.8. The number of aromatic nitrogens is 4. The predicted molar refractivity (Wildman–Crippen MR) is 116 cm³/mol. The molecule has 5 rings (SSSR count). The van der Waals surface area contributed by atoms with Crippen LogP contribution in [0.4, 0.5) is 15.9 Å². The van der Waals surface area contributed by atoms with Gasteiger partial charge in [-0.3, -0.25) is 9.78 Å². The van der Waals surface area contributed by atoms with Crippen molar-refractivity contribution in [2.75, 3.05) is 16.8 Å². The van der Waals surface area contributed by atoms with Gasteiger partial charge in [-0.15, -0.1) is 0 Å². The summed E-state index contributed by atoms with van der Waals surface area (Å²) in [5.41, 5.74) is 3.15. The highest BCUT2D eigenvalue weighted by Crippen LogP contribution is 2.35. The summed E-state index contributed by atoms with van der Waals surface area (Å²) >= 11 is 0. The number of fused-ring (bicyclic) bond motifs is 1. The first kappa shape index (κ1) is 19.2. The number of carbonyl (C=O) groups is 1. The Kier molecular flexibility index (Phi) is 4.82. The van der Waals surface area contributed by atoms with Crippen molar-refractivity contribution in [2.45, 2.75) is 25.8 Å². The standard InChI is InChI=1S/C23H21FN6O/c1-15-5-3-10-25-21(15)23(31)27-18-14-26-30-12-9-20(28-22(18)30)29-11-4-8-19(29)16-6-2-7-17(24)13-16/h2-3,5-7,9-10,12-14,19H,4,8,11H2,1H3,(H,27,31). The van der Waals surface area contributed by atoms with Gasteiger partial charge in [-0.1, -0.05) is 18.2 Å². The van der Waals surface area contributed by atoms with E-state index in [1.165, 1.54) is 6.07 Å². The fourth-order valence-electron chi connectivity index (χ4n) is 4.11. The third-order valence-corrected chi connectivity index (χ3v) is 5.61. The van der Waals surface area contributed by atoms with Gasteiger partial charge in [0.15, 0.2) is 5.65 Å². The molecule has 1 saturated heterocycles. The maximum absolute atomic E-state index is 13.8. The van der Waals surface area contributed by atoms with Crippen molar-refractivity contribution >= 4 is 23.1 Å². The number of halogens is 1. The van der Waals surface area contributed by atoms with Gasteiger partial charge >= 0.3 is 0 Å². The Balaban J connectivity index is 1.46. The molecule has 0 bridgehead atoms. The topological polar surface area (TPSA) is 75.4 Å². The molecule has 8 heteroatoms. The number of anilines is 2. The second kappa shape index (κ2) is 7.79. The number of nitrogens with one attached hydrogen (secondary N) is 1. The fourth-order valence-corrected chi connectivity index (χ4v) is 4.11. The molecule has 4 aromatic rings. The molecular weight excluding hydrogens is 395 g/mol. The minimum Gasteiger partial charge on any atom is -0.349 e. The minimum absolute atomic E-state index is 0.0581. The van der Waals surface area contributed by atoms with Gasteiger partial charge in [0.25, 0.3) is 5.91 Å². The van der Waals surface area contributed by atoms with E-state index < -0.39 is 0 Å². The highest BCUT2D eigenvalue weighted by atomic mass is 19.1. The molecule has 0 aliphatic carbocycles. The normalized spacial score (nSPS) is 16.1. The zero-order chi connectivity index (χ0) is 21.4. The summed E-state index contributed by atoms with van der Waals surface area (Å²) in [4.78, 5) is 23.8. The van der Waals surface area contributed by atoms with Crippen molar-refractivity contribution in [3.8, 4) is 0 Å². The molecule has 1 atom stereocenters. The third kappa shape index (κ3) is 3.61. The fraction of sp³-hybridized carbons (Fsp3) is 0.217. The number of hydrogen-bond donors (Lipinski definition) is 1. The maximum Gasteiger partial charge on any atom is 0.274 e. The Hall–Kier alpha value is -3.81. The van der Waals surface area contributed by atoms with Gasteiger partial charge in [0.05, 0.1) is 12.2 Å². The molecule has 1 N–H and O–H groups in total. The molecule has 156 valence electrons. The summed E-state index contributed by atoms with van der Waals surface area (Å²) in [6.45, 7) is 2.67. The quantitative estimate of drug-likeness (QED) is 0.541. The van der Waals surface area contributed by atoms with E-state index in [0.29, 0.717) is 17.0 Å². The number of pyridine rings is 1. The van der Waals surface area contributed by atoms with Crippen LogP contribution in [0, 0.1) is 12.7 Å². The van der Waals surface area contributed by atoms with Crippen molar-refractivity contribution in [2.24, 2.45) is 0 Å². The summed E-state index contributed by atoms with van der Waals surface area (Å²) in [6, 6.07) is 12.3. The molecule has 3 aromatic heterocycles. The van der Waals surface area contributed by atoms with E-state index in [4.69, 9.17) is 4.98 Å². The van der Waals surface area contributed by atoms with Crippen LogP contribution >= 0.6 is 0 Å². The van der Waals surface area contributed by atoms with E-state index in [9.17, 15) is 9.18 Å². The molecule has 1 aliphatic rings. The molecule has 1 aliphatic heterocycles. The van der Waals surface area contributed by atoms with Crippen molar-refractivity contribution in [1.29, 1.82) is 0 Å². The second-order valence-corrected chi connectivity index (χ2v) is 7.64. The number of nitrogens with zero attached hydrogens (tertiary/aromatic N) is 5. The lowest BCUT2D eigenvalue weighted by Crippen LogP contribution is -2.24. The molecule has 0 spiro atoms. The van der Waals surface area contributed by atoms with Crippen molar-refractivity contribution < 1.29 is 9.18 Å². The zero-order valence-electron chi connectivity index (χ0n) is 17.0. The number of carbonyl (C=O) groups excluding carboxylic acids is 1. The van der Waals surface area contributed by atoms with Crippen molar-refractivity contribution in [1.82, 2.24) is 19.6 Å². The second-order valence-electron chi connectivity index (χ2n) is 7.64. The van der Waals surface area contributed by atoms with Crippen LogP contribution in [0.5, 0.6) is 0 Å².